The Labute approximate surface area is 110 Å². The van der Waals surface area contributed by atoms with Gasteiger partial charge in [-0.05, 0) is 38.7 Å². The molecular formula is C16H23NO. The number of rotatable bonds is 4. The molecule has 0 radical (unpaired) electrons. The van der Waals surface area contributed by atoms with Gasteiger partial charge in [-0.15, -0.1) is 0 Å². The van der Waals surface area contributed by atoms with E-state index in [2.05, 4.69) is 38.1 Å². The SMILES string of the molecule is CCOC1CCCCC1=N[C@H](C)c1ccccc1. The van der Waals surface area contributed by atoms with E-state index in [4.69, 9.17) is 9.73 Å². The van der Waals surface area contributed by atoms with Crippen LogP contribution in [0.1, 0.15) is 51.1 Å². The summed E-state index contributed by atoms with van der Waals surface area (Å²) in [6, 6.07) is 10.7. The van der Waals surface area contributed by atoms with Crippen molar-refractivity contribution in [2.45, 2.75) is 51.7 Å². The molecule has 0 aromatic heterocycles. The van der Waals surface area contributed by atoms with Crippen molar-refractivity contribution in [2.75, 3.05) is 6.61 Å². The lowest BCUT2D eigenvalue weighted by atomic mass is 9.94. The van der Waals surface area contributed by atoms with E-state index >= 15 is 0 Å². The van der Waals surface area contributed by atoms with Crippen LogP contribution in [0.25, 0.3) is 0 Å². The first-order valence-corrected chi connectivity index (χ1v) is 7.04. The van der Waals surface area contributed by atoms with Gasteiger partial charge < -0.3 is 4.74 Å². The van der Waals surface area contributed by atoms with E-state index in [-0.39, 0.29) is 12.1 Å². The lowest BCUT2D eigenvalue weighted by Crippen LogP contribution is -2.28. The molecule has 1 aromatic carbocycles. The average molecular weight is 245 g/mol. The minimum atomic E-state index is 0.238. The number of ether oxygens (including phenoxy) is 1. The lowest BCUT2D eigenvalue weighted by molar-refractivity contribution is 0.0947. The van der Waals surface area contributed by atoms with Gasteiger partial charge in [-0.3, -0.25) is 4.99 Å². The third kappa shape index (κ3) is 3.42. The summed E-state index contributed by atoms with van der Waals surface area (Å²) >= 11 is 0. The molecule has 1 aliphatic rings. The molecule has 0 amide bonds. The molecule has 1 aromatic rings. The second kappa shape index (κ2) is 6.69. The molecule has 0 bridgehead atoms. The molecule has 1 saturated carbocycles. The number of nitrogens with zero attached hydrogens (tertiary/aromatic N) is 1. The molecule has 2 rings (SSSR count). The highest BCUT2D eigenvalue weighted by atomic mass is 16.5. The van der Waals surface area contributed by atoms with Crippen LogP contribution in [0, 0.1) is 0 Å². The number of hydrogen-bond acceptors (Lipinski definition) is 2. The Morgan fingerprint density at radius 2 is 2.06 bits per heavy atom. The van der Waals surface area contributed by atoms with Gasteiger partial charge in [0.15, 0.2) is 0 Å². The van der Waals surface area contributed by atoms with Crippen LogP contribution < -0.4 is 0 Å². The number of benzene rings is 1. The zero-order valence-corrected chi connectivity index (χ0v) is 11.4. The standard InChI is InChI=1S/C16H23NO/c1-3-18-16-12-8-7-11-15(16)17-13(2)14-9-5-4-6-10-14/h4-6,9-10,13,16H,3,7-8,11-12H2,1-2H3/t13-,16?/m1/s1. The largest absolute Gasteiger partial charge is 0.373 e. The zero-order chi connectivity index (χ0) is 12.8. The van der Waals surface area contributed by atoms with E-state index in [9.17, 15) is 0 Å². The van der Waals surface area contributed by atoms with Gasteiger partial charge >= 0.3 is 0 Å². The van der Waals surface area contributed by atoms with E-state index in [1.54, 1.807) is 0 Å². The minimum absolute atomic E-state index is 0.238. The van der Waals surface area contributed by atoms with Crippen molar-refractivity contribution < 1.29 is 4.74 Å². The maximum Gasteiger partial charge on any atom is 0.0951 e. The first-order chi connectivity index (χ1) is 8.81. The molecule has 1 unspecified atom stereocenters. The van der Waals surface area contributed by atoms with Crippen molar-refractivity contribution in [1.29, 1.82) is 0 Å². The van der Waals surface area contributed by atoms with Crippen LogP contribution in [0.4, 0.5) is 0 Å². The van der Waals surface area contributed by atoms with E-state index in [1.807, 2.05) is 6.07 Å². The van der Waals surface area contributed by atoms with Gasteiger partial charge in [0, 0.05) is 12.3 Å². The predicted octanol–water partition coefficient (Wildman–Crippen LogP) is 4.17. The maximum absolute atomic E-state index is 5.80. The average Bonchev–Trinajstić information content (AvgIpc) is 2.42. The summed E-state index contributed by atoms with van der Waals surface area (Å²) in [5.74, 6) is 0. The Bertz CT molecular complexity index is 383. The zero-order valence-electron chi connectivity index (χ0n) is 11.4. The van der Waals surface area contributed by atoms with Crippen LogP contribution in [-0.2, 0) is 4.74 Å². The van der Waals surface area contributed by atoms with Crippen LogP contribution in [0.15, 0.2) is 35.3 Å². The van der Waals surface area contributed by atoms with Gasteiger partial charge in [-0.25, -0.2) is 0 Å². The number of aliphatic imine (C=N–C) groups is 1. The highest BCUT2D eigenvalue weighted by Gasteiger charge is 2.21. The van der Waals surface area contributed by atoms with Crippen LogP contribution in [-0.4, -0.2) is 18.4 Å². The first kappa shape index (κ1) is 13.3. The highest BCUT2D eigenvalue weighted by molar-refractivity contribution is 5.89. The monoisotopic (exact) mass is 245 g/mol. The molecule has 98 valence electrons. The smallest absolute Gasteiger partial charge is 0.0951 e. The summed E-state index contributed by atoms with van der Waals surface area (Å²) in [6.07, 6.45) is 5.01. The maximum atomic E-state index is 5.80. The fourth-order valence-electron chi connectivity index (χ4n) is 2.55. The van der Waals surface area contributed by atoms with Crippen molar-refractivity contribution in [3.05, 3.63) is 35.9 Å². The molecular weight excluding hydrogens is 222 g/mol. The summed E-state index contributed by atoms with van der Waals surface area (Å²) in [5.41, 5.74) is 2.55. The first-order valence-electron chi connectivity index (χ1n) is 7.04. The van der Waals surface area contributed by atoms with E-state index < -0.39 is 0 Å². The molecule has 2 nitrogen and oxygen atoms in total. The molecule has 18 heavy (non-hydrogen) atoms. The van der Waals surface area contributed by atoms with E-state index in [0.29, 0.717) is 0 Å². The molecule has 0 aliphatic heterocycles. The van der Waals surface area contributed by atoms with Gasteiger partial charge in [0.1, 0.15) is 0 Å². The van der Waals surface area contributed by atoms with E-state index in [1.165, 1.54) is 24.1 Å². The Hall–Kier alpha value is -1.15. The molecule has 2 atom stereocenters. The van der Waals surface area contributed by atoms with Crippen molar-refractivity contribution >= 4 is 5.71 Å². The fourth-order valence-corrected chi connectivity index (χ4v) is 2.55. The summed E-state index contributed by atoms with van der Waals surface area (Å²) in [7, 11) is 0. The van der Waals surface area contributed by atoms with E-state index in [0.717, 1.165) is 19.4 Å². The third-order valence-electron chi connectivity index (χ3n) is 3.53. The van der Waals surface area contributed by atoms with Crippen molar-refractivity contribution in [1.82, 2.24) is 0 Å². The summed E-state index contributed by atoms with van der Waals surface area (Å²) in [6.45, 7) is 5.01. The quantitative estimate of drug-likeness (QED) is 0.780. The van der Waals surface area contributed by atoms with Crippen LogP contribution >= 0.6 is 0 Å². The molecule has 1 aliphatic carbocycles. The Morgan fingerprint density at radius 3 is 2.78 bits per heavy atom. The molecule has 2 heteroatoms. The molecule has 0 N–H and O–H groups in total. The fraction of sp³-hybridized carbons (Fsp3) is 0.562. The van der Waals surface area contributed by atoms with Gasteiger partial charge in [0.05, 0.1) is 12.1 Å². The van der Waals surface area contributed by atoms with Crippen LogP contribution in [0.5, 0.6) is 0 Å². The van der Waals surface area contributed by atoms with Crippen LogP contribution in [0.3, 0.4) is 0 Å². The molecule has 0 saturated heterocycles. The second-order valence-corrected chi connectivity index (χ2v) is 4.90. The topological polar surface area (TPSA) is 21.6 Å². The highest BCUT2D eigenvalue weighted by Crippen LogP contribution is 2.23. The lowest BCUT2D eigenvalue weighted by Gasteiger charge is -2.25. The Morgan fingerprint density at radius 1 is 1.28 bits per heavy atom. The van der Waals surface area contributed by atoms with Gasteiger partial charge in [-0.2, -0.15) is 0 Å². The second-order valence-electron chi connectivity index (χ2n) is 4.90. The predicted molar refractivity (Wildman–Crippen MR) is 76.2 cm³/mol. The Kier molecular flexibility index (Phi) is 4.94. The minimum Gasteiger partial charge on any atom is -0.373 e. The third-order valence-corrected chi connectivity index (χ3v) is 3.53. The summed E-state index contributed by atoms with van der Waals surface area (Å²) < 4.78 is 5.80. The summed E-state index contributed by atoms with van der Waals surface area (Å²) in [5, 5.41) is 0. The van der Waals surface area contributed by atoms with Gasteiger partial charge in [0.2, 0.25) is 0 Å². The van der Waals surface area contributed by atoms with Crippen LogP contribution in [0.2, 0.25) is 0 Å². The van der Waals surface area contributed by atoms with Gasteiger partial charge in [0.25, 0.3) is 0 Å². The molecule has 0 heterocycles. The molecule has 1 fully saturated rings. The molecule has 0 spiro atoms. The normalized spacial score (nSPS) is 24.1. The summed E-state index contributed by atoms with van der Waals surface area (Å²) in [4.78, 5) is 4.90. The van der Waals surface area contributed by atoms with Crippen molar-refractivity contribution in [2.24, 2.45) is 4.99 Å². The van der Waals surface area contributed by atoms with Gasteiger partial charge in [-0.1, -0.05) is 36.8 Å². The van der Waals surface area contributed by atoms with Crippen molar-refractivity contribution in [3.63, 3.8) is 0 Å². The number of hydrogen-bond donors (Lipinski definition) is 0. The van der Waals surface area contributed by atoms with Crippen molar-refractivity contribution in [3.8, 4) is 0 Å². The Balaban J connectivity index is 2.10.